The van der Waals surface area contributed by atoms with E-state index in [0.29, 0.717) is 0 Å². The lowest BCUT2D eigenvalue weighted by atomic mass is 10.0. The molecule has 3 aromatic heterocycles. The normalized spacial score (nSPS) is 12.9. The molecule has 1 unspecified atom stereocenters. The third-order valence-electron chi connectivity index (χ3n) is 3.63. The average Bonchev–Trinajstić information content (AvgIpc) is 3.14. The SMILES string of the molecule is CCNC(Cc1cnn(CC)c1)c1cnc2ccsc2c1. The molecule has 5 heteroatoms. The molecule has 0 aliphatic rings. The van der Waals surface area contributed by atoms with Gasteiger partial charge in [0.2, 0.25) is 0 Å². The first kappa shape index (κ1) is 14.2. The second-order valence-electron chi connectivity index (χ2n) is 5.09. The first-order valence-corrected chi connectivity index (χ1v) is 8.26. The molecule has 0 fully saturated rings. The minimum atomic E-state index is 0.281. The Morgan fingerprint density at radius 2 is 2.24 bits per heavy atom. The van der Waals surface area contributed by atoms with Crippen molar-refractivity contribution in [1.29, 1.82) is 0 Å². The number of nitrogens with one attached hydrogen (secondary N) is 1. The summed E-state index contributed by atoms with van der Waals surface area (Å²) in [6.45, 7) is 6.09. The highest BCUT2D eigenvalue weighted by molar-refractivity contribution is 7.17. The second-order valence-corrected chi connectivity index (χ2v) is 6.04. The standard InChI is InChI=1S/C16H20N4S/c1-3-17-15(7-12-9-19-20(4-2)11-12)13-8-16-14(18-10-13)5-6-21-16/h5-6,8-11,15,17H,3-4,7H2,1-2H3. The summed E-state index contributed by atoms with van der Waals surface area (Å²) in [4.78, 5) is 4.56. The van der Waals surface area contributed by atoms with Crippen LogP contribution in [0.5, 0.6) is 0 Å². The minimum absolute atomic E-state index is 0.281. The van der Waals surface area contributed by atoms with Crippen LogP contribution in [0.1, 0.15) is 31.0 Å². The van der Waals surface area contributed by atoms with Crippen LogP contribution in [-0.4, -0.2) is 21.3 Å². The molecule has 3 heterocycles. The van der Waals surface area contributed by atoms with Crippen molar-refractivity contribution < 1.29 is 0 Å². The Bertz CT molecular complexity index is 716. The van der Waals surface area contributed by atoms with E-state index in [-0.39, 0.29) is 6.04 Å². The monoisotopic (exact) mass is 300 g/mol. The largest absolute Gasteiger partial charge is 0.310 e. The molecule has 0 bridgehead atoms. The van der Waals surface area contributed by atoms with Crippen LogP contribution in [0.4, 0.5) is 0 Å². The third kappa shape index (κ3) is 3.14. The molecule has 0 radical (unpaired) electrons. The lowest BCUT2D eigenvalue weighted by Crippen LogP contribution is -2.23. The van der Waals surface area contributed by atoms with Gasteiger partial charge in [-0.05, 0) is 48.5 Å². The lowest BCUT2D eigenvalue weighted by molar-refractivity contribution is 0.548. The molecule has 0 aliphatic carbocycles. The first-order chi connectivity index (χ1) is 10.3. The lowest BCUT2D eigenvalue weighted by Gasteiger charge is -2.17. The van der Waals surface area contributed by atoms with E-state index in [1.807, 2.05) is 17.1 Å². The fourth-order valence-electron chi connectivity index (χ4n) is 2.53. The summed E-state index contributed by atoms with van der Waals surface area (Å²) >= 11 is 1.74. The number of hydrogen-bond donors (Lipinski definition) is 1. The Balaban J connectivity index is 1.85. The van der Waals surface area contributed by atoms with Crippen molar-refractivity contribution in [1.82, 2.24) is 20.1 Å². The summed E-state index contributed by atoms with van der Waals surface area (Å²) in [6, 6.07) is 4.60. The number of pyridine rings is 1. The zero-order valence-electron chi connectivity index (χ0n) is 12.4. The molecule has 110 valence electrons. The minimum Gasteiger partial charge on any atom is -0.310 e. The van der Waals surface area contributed by atoms with Gasteiger partial charge in [0.05, 0.1) is 16.4 Å². The molecule has 3 rings (SSSR count). The Hall–Kier alpha value is -1.72. The van der Waals surface area contributed by atoms with Gasteiger partial charge in [-0.3, -0.25) is 9.67 Å². The summed E-state index contributed by atoms with van der Waals surface area (Å²) in [5.41, 5.74) is 3.59. The number of nitrogens with zero attached hydrogens (tertiary/aromatic N) is 3. The number of fused-ring (bicyclic) bond motifs is 1. The van der Waals surface area contributed by atoms with E-state index >= 15 is 0 Å². The van der Waals surface area contributed by atoms with Crippen LogP contribution in [0.3, 0.4) is 0 Å². The van der Waals surface area contributed by atoms with Gasteiger partial charge < -0.3 is 5.32 Å². The molecular formula is C16H20N4S. The van der Waals surface area contributed by atoms with Gasteiger partial charge in [0.25, 0.3) is 0 Å². The number of thiophene rings is 1. The summed E-state index contributed by atoms with van der Waals surface area (Å²) in [5, 5.41) is 10.0. The van der Waals surface area contributed by atoms with Crippen molar-refractivity contribution in [2.45, 2.75) is 32.9 Å². The van der Waals surface area contributed by atoms with Crippen molar-refractivity contribution in [3.63, 3.8) is 0 Å². The molecule has 1 N–H and O–H groups in total. The van der Waals surface area contributed by atoms with Gasteiger partial charge in [-0.15, -0.1) is 11.3 Å². The third-order valence-corrected chi connectivity index (χ3v) is 4.48. The van der Waals surface area contributed by atoms with Crippen LogP contribution in [0, 0.1) is 0 Å². The Kier molecular flexibility index (Phi) is 4.31. The Morgan fingerprint density at radius 1 is 1.33 bits per heavy atom. The quantitative estimate of drug-likeness (QED) is 0.758. The summed E-state index contributed by atoms with van der Waals surface area (Å²) in [6.07, 6.45) is 7.02. The molecule has 4 nitrogen and oxygen atoms in total. The van der Waals surface area contributed by atoms with Gasteiger partial charge in [0.1, 0.15) is 0 Å². The van der Waals surface area contributed by atoms with Crippen LogP contribution in [0.15, 0.2) is 36.1 Å². The van der Waals surface area contributed by atoms with Gasteiger partial charge in [-0.1, -0.05) is 6.92 Å². The van der Waals surface area contributed by atoms with Crippen LogP contribution < -0.4 is 5.32 Å². The topological polar surface area (TPSA) is 42.7 Å². The van der Waals surface area contributed by atoms with Crippen molar-refractivity contribution in [2.24, 2.45) is 0 Å². The van der Waals surface area contributed by atoms with Gasteiger partial charge in [0, 0.05) is 25.0 Å². The summed E-state index contributed by atoms with van der Waals surface area (Å²) in [5.74, 6) is 0. The van der Waals surface area contributed by atoms with E-state index in [0.717, 1.165) is 25.0 Å². The summed E-state index contributed by atoms with van der Waals surface area (Å²) in [7, 11) is 0. The van der Waals surface area contributed by atoms with E-state index in [9.17, 15) is 0 Å². The van der Waals surface area contributed by atoms with E-state index in [4.69, 9.17) is 0 Å². The molecule has 1 atom stereocenters. The maximum Gasteiger partial charge on any atom is 0.0809 e. The Labute approximate surface area is 128 Å². The van der Waals surface area contributed by atoms with E-state index in [1.54, 1.807) is 11.3 Å². The molecule has 0 aromatic carbocycles. The molecule has 0 saturated heterocycles. The first-order valence-electron chi connectivity index (χ1n) is 7.38. The number of aromatic nitrogens is 3. The maximum absolute atomic E-state index is 4.56. The smallest absolute Gasteiger partial charge is 0.0809 e. The highest BCUT2D eigenvalue weighted by atomic mass is 32.1. The highest BCUT2D eigenvalue weighted by Gasteiger charge is 2.14. The van der Waals surface area contributed by atoms with Crippen molar-refractivity contribution in [2.75, 3.05) is 6.54 Å². The van der Waals surface area contributed by atoms with Crippen LogP contribution in [0.25, 0.3) is 10.2 Å². The van der Waals surface area contributed by atoms with Gasteiger partial charge >= 0.3 is 0 Å². The fourth-order valence-corrected chi connectivity index (χ4v) is 3.32. The van der Waals surface area contributed by atoms with E-state index in [2.05, 4.69) is 53.0 Å². The van der Waals surface area contributed by atoms with E-state index in [1.165, 1.54) is 15.8 Å². The number of hydrogen-bond acceptors (Lipinski definition) is 4. The molecule has 0 spiro atoms. The van der Waals surface area contributed by atoms with Crippen LogP contribution >= 0.6 is 11.3 Å². The number of rotatable bonds is 6. The second kappa shape index (κ2) is 6.37. The molecule has 0 amide bonds. The Morgan fingerprint density at radius 3 is 3.00 bits per heavy atom. The van der Waals surface area contributed by atoms with Gasteiger partial charge in [-0.2, -0.15) is 5.10 Å². The van der Waals surface area contributed by atoms with Crippen molar-refractivity contribution in [3.05, 3.63) is 47.2 Å². The van der Waals surface area contributed by atoms with Crippen LogP contribution in [0.2, 0.25) is 0 Å². The predicted octanol–water partition coefficient (Wildman–Crippen LogP) is 3.41. The molecule has 3 aromatic rings. The fraction of sp³-hybridized carbons (Fsp3) is 0.375. The number of aryl methyl sites for hydroxylation is 1. The van der Waals surface area contributed by atoms with Crippen molar-refractivity contribution >= 4 is 21.6 Å². The van der Waals surface area contributed by atoms with Gasteiger partial charge in [-0.25, -0.2) is 0 Å². The maximum atomic E-state index is 4.56. The predicted molar refractivity (Wildman–Crippen MR) is 87.6 cm³/mol. The summed E-state index contributed by atoms with van der Waals surface area (Å²) < 4.78 is 3.22. The molecule has 0 aliphatic heterocycles. The highest BCUT2D eigenvalue weighted by Crippen LogP contribution is 2.24. The van der Waals surface area contributed by atoms with Gasteiger partial charge in [0.15, 0.2) is 0 Å². The molecule has 21 heavy (non-hydrogen) atoms. The van der Waals surface area contributed by atoms with Crippen molar-refractivity contribution in [3.8, 4) is 0 Å². The average molecular weight is 300 g/mol. The number of likely N-dealkylation sites (N-methyl/N-ethyl adjacent to an activating group) is 1. The zero-order chi connectivity index (χ0) is 14.7. The molecule has 0 saturated carbocycles. The zero-order valence-corrected chi connectivity index (χ0v) is 13.2. The van der Waals surface area contributed by atoms with E-state index < -0.39 is 0 Å². The van der Waals surface area contributed by atoms with Crippen LogP contribution in [-0.2, 0) is 13.0 Å². The molecular weight excluding hydrogens is 280 g/mol.